The first-order valence-electron chi connectivity index (χ1n) is 6.86. The van der Waals surface area contributed by atoms with Gasteiger partial charge in [-0.1, -0.05) is 18.2 Å². The van der Waals surface area contributed by atoms with Crippen molar-refractivity contribution in [1.82, 2.24) is 10.6 Å². The summed E-state index contributed by atoms with van der Waals surface area (Å²) in [7, 11) is 0. The number of benzene rings is 1. The summed E-state index contributed by atoms with van der Waals surface area (Å²) in [5.41, 5.74) is 4.39. The molecule has 0 radical (unpaired) electrons. The van der Waals surface area contributed by atoms with Gasteiger partial charge in [0.15, 0.2) is 5.11 Å². The van der Waals surface area contributed by atoms with Crippen LogP contribution in [0, 0.1) is 0 Å². The zero-order valence-corrected chi connectivity index (χ0v) is 12.1. The lowest BCUT2D eigenvalue weighted by atomic mass is 9.89. The van der Waals surface area contributed by atoms with Crippen molar-refractivity contribution in [3.63, 3.8) is 0 Å². The first kappa shape index (κ1) is 13.3. The van der Waals surface area contributed by atoms with Crippen molar-refractivity contribution in [3.8, 4) is 0 Å². The monoisotopic (exact) mass is 262 g/mol. The lowest BCUT2D eigenvalue weighted by Gasteiger charge is -2.21. The number of aryl methyl sites for hydroxylation is 2. The molecule has 0 unspecified atom stereocenters. The van der Waals surface area contributed by atoms with Crippen LogP contribution >= 0.6 is 12.2 Å². The molecule has 1 atom stereocenters. The molecular formula is C15H22N2S. The van der Waals surface area contributed by atoms with Crippen LogP contribution in [0.15, 0.2) is 18.2 Å². The van der Waals surface area contributed by atoms with Gasteiger partial charge >= 0.3 is 0 Å². The summed E-state index contributed by atoms with van der Waals surface area (Å²) < 4.78 is 0. The first-order valence-corrected chi connectivity index (χ1v) is 7.27. The summed E-state index contributed by atoms with van der Waals surface area (Å²) in [6.45, 7) is 5.08. The molecule has 0 aromatic heterocycles. The Labute approximate surface area is 115 Å². The molecule has 1 aliphatic carbocycles. The van der Waals surface area contributed by atoms with Crippen LogP contribution < -0.4 is 10.6 Å². The van der Waals surface area contributed by atoms with Gasteiger partial charge in [-0.15, -0.1) is 0 Å². The van der Waals surface area contributed by atoms with Crippen LogP contribution in [0.25, 0.3) is 0 Å². The van der Waals surface area contributed by atoms with Crippen LogP contribution in [0.1, 0.15) is 49.4 Å². The fraction of sp³-hybridized carbons (Fsp3) is 0.533. The summed E-state index contributed by atoms with van der Waals surface area (Å²) in [5.74, 6) is 0. The maximum absolute atomic E-state index is 5.23. The van der Waals surface area contributed by atoms with Gasteiger partial charge in [0.1, 0.15) is 0 Å². The molecule has 3 heteroatoms. The van der Waals surface area contributed by atoms with E-state index in [2.05, 4.69) is 42.7 Å². The van der Waals surface area contributed by atoms with Crippen LogP contribution in [0.3, 0.4) is 0 Å². The van der Waals surface area contributed by atoms with Crippen LogP contribution in [-0.4, -0.2) is 11.7 Å². The summed E-state index contributed by atoms with van der Waals surface area (Å²) in [4.78, 5) is 0. The number of rotatable bonds is 3. The zero-order valence-electron chi connectivity index (χ0n) is 11.3. The van der Waals surface area contributed by atoms with Crippen LogP contribution in [0.5, 0.6) is 0 Å². The fourth-order valence-electron chi connectivity index (χ4n) is 2.51. The Morgan fingerprint density at radius 3 is 2.72 bits per heavy atom. The Kier molecular flexibility index (Phi) is 4.59. The molecule has 2 rings (SSSR count). The van der Waals surface area contributed by atoms with E-state index in [4.69, 9.17) is 12.2 Å². The molecule has 18 heavy (non-hydrogen) atoms. The number of hydrogen-bond acceptors (Lipinski definition) is 1. The van der Waals surface area contributed by atoms with E-state index in [1.54, 1.807) is 0 Å². The van der Waals surface area contributed by atoms with Crippen molar-refractivity contribution >= 4 is 17.3 Å². The highest BCUT2D eigenvalue weighted by atomic mass is 32.1. The molecule has 2 nitrogen and oxygen atoms in total. The standard InChI is InChI=1S/C15H22N2S/c1-3-16-15(18)17-11(2)13-9-8-12-6-4-5-7-14(12)10-13/h8-11H,3-7H2,1-2H3,(H2,16,17,18)/t11-/m0/s1. The highest BCUT2D eigenvalue weighted by Crippen LogP contribution is 2.24. The molecule has 0 aliphatic heterocycles. The fourth-order valence-corrected chi connectivity index (χ4v) is 2.84. The molecule has 1 aromatic rings. The molecule has 0 spiro atoms. The van der Waals surface area contributed by atoms with E-state index >= 15 is 0 Å². The van der Waals surface area contributed by atoms with Gasteiger partial charge in [0.05, 0.1) is 6.04 Å². The summed E-state index contributed by atoms with van der Waals surface area (Å²) >= 11 is 5.23. The quantitative estimate of drug-likeness (QED) is 0.819. The van der Waals surface area contributed by atoms with Crippen LogP contribution in [-0.2, 0) is 12.8 Å². The maximum atomic E-state index is 5.23. The Morgan fingerprint density at radius 2 is 2.00 bits per heavy atom. The minimum Gasteiger partial charge on any atom is -0.363 e. The van der Waals surface area contributed by atoms with Crippen molar-refractivity contribution in [3.05, 3.63) is 34.9 Å². The molecule has 0 amide bonds. The minimum absolute atomic E-state index is 0.267. The van der Waals surface area contributed by atoms with Gasteiger partial charge in [-0.25, -0.2) is 0 Å². The second kappa shape index (κ2) is 6.19. The number of hydrogen-bond donors (Lipinski definition) is 2. The predicted molar refractivity (Wildman–Crippen MR) is 80.9 cm³/mol. The SMILES string of the molecule is CCNC(=S)N[C@@H](C)c1ccc2c(c1)CCCC2. The molecule has 0 saturated heterocycles. The van der Waals surface area contributed by atoms with Gasteiger partial charge in [-0.3, -0.25) is 0 Å². The lowest BCUT2D eigenvalue weighted by Crippen LogP contribution is -2.36. The lowest BCUT2D eigenvalue weighted by molar-refractivity contribution is 0.671. The summed E-state index contributed by atoms with van der Waals surface area (Å²) in [5, 5.41) is 7.19. The van der Waals surface area contributed by atoms with Gasteiger partial charge in [0.25, 0.3) is 0 Å². The first-order chi connectivity index (χ1) is 8.70. The molecule has 0 heterocycles. The van der Waals surface area contributed by atoms with Gasteiger partial charge in [-0.2, -0.15) is 0 Å². The molecule has 2 N–H and O–H groups in total. The number of fused-ring (bicyclic) bond motifs is 1. The van der Waals surface area contributed by atoms with E-state index in [-0.39, 0.29) is 6.04 Å². The van der Waals surface area contributed by atoms with Gasteiger partial charge in [0, 0.05) is 6.54 Å². The average molecular weight is 262 g/mol. The van der Waals surface area contributed by atoms with Crippen LogP contribution in [0.2, 0.25) is 0 Å². The highest BCUT2D eigenvalue weighted by Gasteiger charge is 2.12. The second-order valence-corrected chi connectivity index (χ2v) is 5.37. The largest absolute Gasteiger partial charge is 0.363 e. The second-order valence-electron chi connectivity index (χ2n) is 4.96. The molecule has 0 fully saturated rings. The molecule has 0 saturated carbocycles. The topological polar surface area (TPSA) is 24.1 Å². The van der Waals surface area contributed by atoms with E-state index < -0.39 is 0 Å². The van der Waals surface area contributed by atoms with Gasteiger partial charge in [-0.05, 0) is 68.4 Å². The number of nitrogens with one attached hydrogen (secondary N) is 2. The third-order valence-corrected chi connectivity index (χ3v) is 3.82. The van der Waals surface area contributed by atoms with E-state index in [9.17, 15) is 0 Å². The van der Waals surface area contributed by atoms with Crippen molar-refractivity contribution in [2.45, 2.75) is 45.6 Å². The maximum Gasteiger partial charge on any atom is 0.166 e. The predicted octanol–water partition coefficient (Wildman–Crippen LogP) is 3.11. The third-order valence-electron chi connectivity index (χ3n) is 3.56. The van der Waals surface area contributed by atoms with E-state index in [1.807, 2.05) is 0 Å². The third kappa shape index (κ3) is 3.22. The Bertz CT molecular complexity index is 429. The number of thiocarbonyl (C=S) groups is 1. The van der Waals surface area contributed by atoms with Crippen molar-refractivity contribution < 1.29 is 0 Å². The van der Waals surface area contributed by atoms with Crippen LogP contribution in [0.4, 0.5) is 0 Å². The Balaban J connectivity index is 2.06. The van der Waals surface area contributed by atoms with Gasteiger partial charge in [0.2, 0.25) is 0 Å². The van der Waals surface area contributed by atoms with E-state index in [0.717, 1.165) is 11.7 Å². The normalized spacial score (nSPS) is 15.7. The summed E-state index contributed by atoms with van der Waals surface area (Å²) in [6, 6.07) is 7.14. The Hall–Kier alpha value is -1.09. The van der Waals surface area contributed by atoms with E-state index in [1.165, 1.54) is 42.4 Å². The molecule has 1 aromatic carbocycles. The van der Waals surface area contributed by atoms with Crippen molar-refractivity contribution in [2.24, 2.45) is 0 Å². The van der Waals surface area contributed by atoms with Gasteiger partial charge < -0.3 is 10.6 Å². The average Bonchev–Trinajstić information content (AvgIpc) is 2.38. The van der Waals surface area contributed by atoms with E-state index in [0.29, 0.717) is 0 Å². The molecule has 0 bridgehead atoms. The molecule has 98 valence electrons. The smallest absolute Gasteiger partial charge is 0.166 e. The van der Waals surface area contributed by atoms with Crippen molar-refractivity contribution in [1.29, 1.82) is 0 Å². The molecular weight excluding hydrogens is 240 g/mol. The molecule has 1 aliphatic rings. The zero-order chi connectivity index (χ0) is 13.0. The summed E-state index contributed by atoms with van der Waals surface area (Å²) in [6.07, 6.45) is 5.14. The van der Waals surface area contributed by atoms with Crippen molar-refractivity contribution in [2.75, 3.05) is 6.54 Å². The Morgan fingerprint density at radius 1 is 1.28 bits per heavy atom. The highest BCUT2D eigenvalue weighted by molar-refractivity contribution is 7.80. The minimum atomic E-state index is 0.267.